The lowest BCUT2D eigenvalue weighted by molar-refractivity contribution is -0.193. The molecule has 0 spiro atoms. The molecule has 0 bridgehead atoms. The quantitative estimate of drug-likeness (QED) is 0.524. The maximum atomic E-state index is 13.0. The molecule has 4 rings (SSSR count). The molecule has 0 unspecified atom stereocenters. The molecule has 2 N–H and O–H groups in total. The molecule has 2 fully saturated rings. The standard InChI is InChI=1S/C20H24N4O2.2C2HF3O2/c1-26-19-7-11-24(20(25)17-4-2-3-8-22-17)18-14-23(13-16(18)19)12-15-5-9-21-10-6-15;2*3-2(4,5)1(6)7/h2-6,8-10,16,18-19H,7,11-14H2,1H3;2*(H,6,7)/t16-,18+,19+;;/m0../s1. The van der Waals surface area contributed by atoms with Gasteiger partial charge in [-0.15, -0.1) is 0 Å². The number of ether oxygens (including phenoxy) is 1. The minimum atomic E-state index is -5.08. The highest BCUT2D eigenvalue weighted by molar-refractivity contribution is 5.92. The number of hydrogen-bond donors (Lipinski definition) is 2. The van der Waals surface area contributed by atoms with Crippen LogP contribution in [0.25, 0.3) is 0 Å². The second kappa shape index (κ2) is 14.0. The van der Waals surface area contributed by atoms with Crippen LogP contribution >= 0.6 is 0 Å². The Hall–Kier alpha value is -3.79. The van der Waals surface area contributed by atoms with Crippen molar-refractivity contribution < 1.29 is 55.7 Å². The number of fused-ring (bicyclic) bond motifs is 1. The highest BCUT2D eigenvalue weighted by Gasteiger charge is 2.46. The number of likely N-dealkylation sites (tertiary alicyclic amines) is 2. The van der Waals surface area contributed by atoms with Gasteiger partial charge in [-0.3, -0.25) is 19.7 Å². The van der Waals surface area contributed by atoms with Crippen LogP contribution in [-0.4, -0.2) is 99.1 Å². The average molecular weight is 580 g/mol. The van der Waals surface area contributed by atoms with Gasteiger partial charge in [-0.25, -0.2) is 9.59 Å². The summed E-state index contributed by atoms with van der Waals surface area (Å²) in [5.74, 6) is -5.15. The Labute approximate surface area is 224 Å². The summed E-state index contributed by atoms with van der Waals surface area (Å²) < 4.78 is 69.2. The molecule has 2 aliphatic rings. The first kappa shape index (κ1) is 32.4. The van der Waals surface area contributed by atoms with Crippen LogP contribution in [0.4, 0.5) is 26.3 Å². The maximum absolute atomic E-state index is 13.0. The Morgan fingerprint density at radius 3 is 2.00 bits per heavy atom. The molecule has 10 nitrogen and oxygen atoms in total. The van der Waals surface area contributed by atoms with E-state index in [0.29, 0.717) is 11.6 Å². The second-order valence-electron chi connectivity index (χ2n) is 8.66. The molecule has 0 aliphatic carbocycles. The Bertz CT molecular complexity index is 1100. The molecule has 0 radical (unpaired) electrons. The van der Waals surface area contributed by atoms with Crippen LogP contribution in [0, 0.1) is 5.92 Å². The highest BCUT2D eigenvalue weighted by atomic mass is 19.4. The number of amides is 1. The van der Waals surface area contributed by atoms with Gasteiger partial charge in [-0.1, -0.05) is 6.07 Å². The number of pyridine rings is 2. The number of rotatable bonds is 4. The van der Waals surface area contributed by atoms with Crippen molar-refractivity contribution in [3.05, 3.63) is 60.2 Å². The summed E-state index contributed by atoms with van der Waals surface area (Å²) in [6.45, 7) is 3.40. The molecule has 220 valence electrons. The average Bonchev–Trinajstić information content (AvgIpc) is 3.32. The number of carbonyl (C=O) groups excluding carboxylic acids is 1. The summed E-state index contributed by atoms with van der Waals surface area (Å²) in [6.07, 6.45) is -3.76. The third-order valence-corrected chi connectivity index (χ3v) is 6.03. The summed E-state index contributed by atoms with van der Waals surface area (Å²) in [6, 6.07) is 9.76. The third kappa shape index (κ3) is 9.44. The Kier molecular flexibility index (Phi) is 11.4. The normalized spacial score (nSPS) is 20.8. The van der Waals surface area contributed by atoms with Gasteiger partial charge in [-0.2, -0.15) is 26.3 Å². The van der Waals surface area contributed by atoms with E-state index in [-0.39, 0.29) is 18.1 Å². The summed E-state index contributed by atoms with van der Waals surface area (Å²) in [4.78, 5) is 43.6. The summed E-state index contributed by atoms with van der Waals surface area (Å²) in [5, 5.41) is 14.2. The Morgan fingerprint density at radius 1 is 0.950 bits per heavy atom. The molecule has 2 aromatic rings. The zero-order valence-electron chi connectivity index (χ0n) is 21.0. The fraction of sp³-hybridized carbons (Fsp3) is 0.458. The van der Waals surface area contributed by atoms with E-state index >= 15 is 0 Å². The Morgan fingerprint density at radius 2 is 1.52 bits per heavy atom. The lowest BCUT2D eigenvalue weighted by atomic mass is 9.88. The molecule has 1 amide bonds. The van der Waals surface area contributed by atoms with Gasteiger partial charge < -0.3 is 19.8 Å². The van der Waals surface area contributed by atoms with Crippen molar-refractivity contribution in [2.24, 2.45) is 5.92 Å². The predicted molar refractivity (Wildman–Crippen MR) is 125 cm³/mol. The summed E-state index contributed by atoms with van der Waals surface area (Å²) in [7, 11) is 1.78. The van der Waals surface area contributed by atoms with Gasteiger partial charge in [0.1, 0.15) is 5.69 Å². The molecule has 0 aromatic carbocycles. The number of hydrogen-bond acceptors (Lipinski definition) is 7. The van der Waals surface area contributed by atoms with Gasteiger partial charge in [0.25, 0.3) is 5.91 Å². The molecule has 2 aromatic heterocycles. The number of carbonyl (C=O) groups is 3. The maximum Gasteiger partial charge on any atom is 0.490 e. The monoisotopic (exact) mass is 580 g/mol. The SMILES string of the molecule is CO[C@@H]1CCN(C(=O)c2ccccn2)[C@@H]2CN(Cc3ccncc3)C[C@@H]21.O=C(O)C(F)(F)F.O=C(O)C(F)(F)F. The van der Waals surface area contributed by atoms with Crippen molar-refractivity contribution in [2.45, 2.75) is 37.5 Å². The van der Waals surface area contributed by atoms with Crippen molar-refractivity contribution in [1.29, 1.82) is 0 Å². The summed E-state index contributed by atoms with van der Waals surface area (Å²) in [5.41, 5.74) is 1.77. The van der Waals surface area contributed by atoms with E-state index in [0.717, 1.165) is 32.6 Å². The minimum absolute atomic E-state index is 0.0286. The molecular formula is C24H26F6N4O6. The lowest BCUT2D eigenvalue weighted by Gasteiger charge is -2.40. The number of carboxylic acids is 2. The van der Waals surface area contributed by atoms with Gasteiger partial charge in [0.2, 0.25) is 0 Å². The number of aromatic nitrogens is 2. The Balaban J connectivity index is 0.000000333. The van der Waals surface area contributed by atoms with Crippen LogP contribution in [0.3, 0.4) is 0 Å². The number of methoxy groups -OCH3 is 1. The molecule has 2 saturated heterocycles. The number of alkyl halides is 6. The van der Waals surface area contributed by atoms with E-state index in [2.05, 4.69) is 14.9 Å². The van der Waals surface area contributed by atoms with Crippen molar-refractivity contribution in [3.8, 4) is 0 Å². The topological polar surface area (TPSA) is 133 Å². The number of aliphatic carboxylic acids is 2. The van der Waals surface area contributed by atoms with Crippen molar-refractivity contribution in [3.63, 3.8) is 0 Å². The largest absolute Gasteiger partial charge is 0.490 e. The predicted octanol–water partition coefficient (Wildman–Crippen LogP) is 3.10. The van der Waals surface area contributed by atoms with E-state index in [1.54, 1.807) is 19.4 Å². The van der Waals surface area contributed by atoms with Crippen LogP contribution in [0.15, 0.2) is 48.9 Å². The fourth-order valence-corrected chi connectivity index (χ4v) is 4.29. The van der Waals surface area contributed by atoms with E-state index in [1.165, 1.54) is 5.56 Å². The fourth-order valence-electron chi connectivity index (χ4n) is 4.29. The van der Waals surface area contributed by atoms with Gasteiger partial charge in [0.15, 0.2) is 0 Å². The highest BCUT2D eigenvalue weighted by Crippen LogP contribution is 2.34. The van der Waals surface area contributed by atoms with Crippen LogP contribution in [-0.2, 0) is 20.9 Å². The smallest absolute Gasteiger partial charge is 0.475 e. The van der Waals surface area contributed by atoms with E-state index in [4.69, 9.17) is 24.5 Å². The van der Waals surface area contributed by atoms with E-state index < -0.39 is 24.3 Å². The van der Waals surface area contributed by atoms with E-state index in [9.17, 15) is 31.1 Å². The number of piperidine rings is 1. The van der Waals surface area contributed by atoms with Crippen molar-refractivity contribution in [1.82, 2.24) is 19.8 Å². The molecule has 16 heteroatoms. The molecule has 40 heavy (non-hydrogen) atoms. The molecule has 3 atom stereocenters. The minimum Gasteiger partial charge on any atom is -0.475 e. The van der Waals surface area contributed by atoms with Gasteiger partial charge >= 0.3 is 24.3 Å². The number of carboxylic acid groups (broad SMARTS) is 2. The van der Waals surface area contributed by atoms with Gasteiger partial charge in [0.05, 0.1) is 12.1 Å². The summed E-state index contributed by atoms with van der Waals surface area (Å²) >= 11 is 0. The first-order chi connectivity index (χ1) is 18.6. The molecule has 0 saturated carbocycles. The molecule has 2 aliphatic heterocycles. The number of nitrogens with zero attached hydrogens (tertiary/aromatic N) is 4. The second-order valence-corrected chi connectivity index (χ2v) is 8.66. The third-order valence-electron chi connectivity index (χ3n) is 6.03. The van der Waals surface area contributed by atoms with Gasteiger partial charge in [0, 0.05) is 57.8 Å². The zero-order chi connectivity index (χ0) is 30.1. The first-order valence-corrected chi connectivity index (χ1v) is 11.6. The van der Waals surface area contributed by atoms with Crippen molar-refractivity contribution >= 4 is 17.8 Å². The first-order valence-electron chi connectivity index (χ1n) is 11.6. The van der Waals surface area contributed by atoms with Crippen LogP contribution in [0.2, 0.25) is 0 Å². The van der Waals surface area contributed by atoms with Crippen LogP contribution in [0.1, 0.15) is 22.5 Å². The van der Waals surface area contributed by atoms with Crippen LogP contribution < -0.4 is 0 Å². The zero-order valence-corrected chi connectivity index (χ0v) is 21.0. The van der Waals surface area contributed by atoms with E-state index in [1.807, 2.05) is 41.6 Å². The lowest BCUT2D eigenvalue weighted by Crippen LogP contribution is -2.53. The molecular weight excluding hydrogens is 554 g/mol. The number of halogens is 6. The van der Waals surface area contributed by atoms with Gasteiger partial charge in [-0.05, 0) is 36.2 Å². The molecule has 4 heterocycles. The van der Waals surface area contributed by atoms with Crippen LogP contribution in [0.5, 0.6) is 0 Å². The van der Waals surface area contributed by atoms with Crippen molar-refractivity contribution in [2.75, 3.05) is 26.7 Å².